The average Bonchev–Trinajstić information content (AvgIpc) is 3.35. The molecule has 3 heterocycles. The van der Waals surface area contributed by atoms with Gasteiger partial charge in [-0.1, -0.05) is 6.07 Å². The highest BCUT2D eigenvalue weighted by atomic mass is 19.4. The predicted octanol–water partition coefficient (Wildman–Crippen LogP) is 3.81. The SMILES string of the molecule is FC(F)(F)c1cnc(Nc2cccc3c2cnn3CC2COC2)nc1NC1CC1. The Morgan fingerprint density at radius 2 is 2.00 bits per heavy atom. The summed E-state index contributed by atoms with van der Waals surface area (Å²) < 4.78 is 46.9. The third kappa shape index (κ3) is 3.71. The van der Waals surface area contributed by atoms with E-state index in [9.17, 15) is 13.2 Å². The fraction of sp³-hybridized carbons (Fsp3) is 0.421. The van der Waals surface area contributed by atoms with Crippen LogP contribution in [0, 0.1) is 5.92 Å². The zero-order valence-corrected chi connectivity index (χ0v) is 15.4. The van der Waals surface area contributed by atoms with Crippen molar-refractivity contribution in [1.29, 1.82) is 0 Å². The van der Waals surface area contributed by atoms with Gasteiger partial charge in [-0.15, -0.1) is 0 Å². The number of hydrogen-bond donors (Lipinski definition) is 2. The summed E-state index contributed by atoms with van der Waals surface area (Å²) >= 11 is 0. The van der Waals surface area contributed by atoms with Crippen molar-refractivity contribution >= 4 is 28.4 Å². The first-order chi connectivity index (χ1) is 14.0. The molecule has 0 unspecified atom stereocenters. The summed E-state index contributed by atoms with van der Waals surface area (Å²) in [6, 6.07) is 5.69. The molecular formula is C19H19F3N6O. The molecule has 0 amide bonds. The summed E-state index contributed by atoms with van der Waals surface area (Å²) in [6.07, 6.45) is -0.268. The molecule has 1 aliphatic heterocycles. The summed E-state index contributed by atoms with van der Waals surface area (Å²) in [7, 11) is 0. The van der Waals surface area contributed by atoms with Crippen LogP contribution in [0.1, 0.15) is 18.4 Å². The molecule has 3 aromatic rings. The molecule has 2 aliphatic rings. The quantitative estimate of drug-likeness (QED) is 0.651. The van der Waals surface area contributed by atoms with Crippen LogP contribution in [0.25, 0.3) is 10.9 Å². The summed E-state index contributed by atoms with van der Waals surface area (Å²) in [5.74, 6) is 0.364. The molecule has 1 aliphatic carbocycles. The van der Waals surface area contributed by atoms with Gasteiger partial charge in [-0.2, -0.15) is 23.3 Å². The molecule has 1 saturated heterocycles. The molecule has 2 fully saturated rings. The van der Waals surface area contributed by atoms with E-state index in [0.717, 1.165) is 49.7 Å². The zero-order valence-electron chi connectivity index (χ0n) is 15.4. The third-order valence-corrected chi connectivity index (χ3v) is 5.08. The number of halogens is 3. The molecule has 10 heteroatoms. The summed E-state index contributed by atoms with van der Waals surface area (Å²) in [5, 5.41) is 11.2. The van der Waals surface area contributed by atoms with E-state index in [4.69, 9.17) is 4.74 Å². The van der Waals surface area contributed by atoms with Gasteiger partial charge >= 0.3 is 6.18 Å². The van der Waals surface area contributed by atoms with Crippen molar-refractivity contribution < 1.29 is 17.9 Å². The van der Waals surface area contributed by atoms with Crippen molar-refractivity contribution in [2.45, 2.75) is 31.6 Å². The van der Waals surface area contributed by atoms with Gasteiger partial charge in [0.15, 0.2) is 0 Å². The van der Waals surface area contributed by atoms with Crippen molar-refractivity contribution in [3.63, 3.8) is 0 Å². The Balaban J connectivity index is 1.44. The minimum Gasteiger partial charge on any atom is -0.381 e. The lowest BCUT2D eigenvalue weighted by atomic mass is 10.1. The Labute approximate surface area is 164 Å². The zero-order chi connectivity index (χ0) is 20.0. The number of anilines is 3. The lowest BCUT2D eigenvalue weighted by Gasteiger charge is -2.25. The van der Waals surface area contributed by atoms with Gasteiger partial charge in [-0.25, -0.2) is 4.98 Å². The number of ether oxygens (including phenoxy) is 1. The molecule has 2 N–H and O–H groups in total. The Morgan fingerprint density at radius 3 is 2.69 bits per heavy atom. The maximum Gasteiger partial charge on any atom is 0.421 e. The van der Waals surface area contributed by atoms with Crippen LogP contribution in [0.15, 0.2) is 30.6 Å². The first kappa shape index (κ1) is 18.2. The largest absolute Gasteiger partial charge is 0.421 e. The number of aromatic nitrogens is 4. The van der Waals surface area contributed by atoms with Crippen molar-refractivity contribution in [2.75, 3.05) is 23.8 Å². The molecular weight excluding hydrogens is 385 g/mol. The lowest BCUT2D eigenvalue weighted by molar-refractivity contribution is -0.137. The van der Waals surface area contributed by atoms with Crippen LogP contribution in [0.5, 0.6) is 0 Å². The van der Waals surface area contributed by atoms with Crippen molar-refractivity contribution in [1.82, 2.24) is 19.7 Å². The van der Waals surface area contributed by atoms with Crippen LogP contribution in [0.3, 0.4) is 0 Å². The van der Waals surface area contributed by atoms with Crippen LogP contribution in [0.2, 0.25) is 0 Å². The number of alkyl halides is 3. The van der Waals surface area contributed by atoms with Gasteiger partial charge in [-0.3, -0.25) is 4.68 Å². The second-order valence-corrected chi connectivity index (χ2v) is 7.47. The van der Waals surface area contributed by atoms with Gasteiger partial charge in [0.05, 0.1) is 30.6 Å². The molecule has 152 valence electrons. The second-order valence-electron chi connectivity index (χ2n) is 7.47. The standard InChI is InChI=1S/C19H19F3N6O/c20-19(21,22)14-7-23-18(27-17(14)25-12-4-5-12)26-15-2-1-3-16-13(15)6-24-28(16)8-11-9-29-10-11/h1-3,6-7,11-12H,4-5,8-10H2,(H2,23,25,26,27). The molecule has 1 saturated carbocycles. The van der Waals surface area contributed by atoms with Crippen molar-refractivity contribution in [2.24, 2.45) is 5.92 Å². The van der Waals surface area contributed by atoms with Crippen LogP contribution in [0.4, 0.5) is 30.6 Å². The molecule has 0 bridgehead atoms. The summed E-state index contributed by atoms with van der Waals surface area (Å²) in [4.78, 5) is 7.99. The summed E-state index contributed by atoms with van der Waals surface area (Å²) in [6.45, 7) is 2.23. The van der Waals surface area contributed by atoms with E-state index in [-0.39, 0.29) is 17.8 Å². The van der Waals surface area contributed by atoms with Gasteiger partial charge in [-0.05, 0) is 25.0 Å². The second kappa shape index (κ2) is 6.87. The average molecular weight is 404 g/mol. The maximum atomic E-state index is 13.3. The van der Waals surface area contributed by atoms with Gasteiger partial charge in [0.2, 0.25) is 5.95 Å². The molecule has 29 heavy (non-hydrogen) atoms. The molecule has 1 aromatic carbocycles. The van der Waals surface area contributed by atoms with Gasteiger partial charge in [0, 0.05) is 30.1 Å². The third-order valence-electron chi connectivity index (χ3n) is 5.08. The number of fused-ring (bicyclic) bond motifs is 1. The Morgan fingerprint density at radius 1 is 1.17 bits per heavy atom. The Bertz CT molecular complexity index is 1040. The van der Waals surface area contributed by atoms with E-state index < -0.39 is 11.7 Å². The topological polar surface area (TPSA) is 76.9 Å². The number of benzene rings is 1. The Hall–Kier alpha value is -2.88. The van der Waals surface area contributed by atoms with Gasteiger partial charge < -0.3 is 15.4 Å². The van der Waals surface area contributed by atoms with Crippen LogP contribution in [-0.2, 0) is 17.5 Å². The fourth-order valence-electron chi connectivity index (χ4n) is 3.29. The van der Waals surface area contributed by atoms with Crippen LogP contribution in [-0.4, -0.2) is 39.0 Å². The maximum absolute atomic E-state index is 13.3. The van der Waals surface area contributed by atoms with E-state index >= 15 is 0 Å². The molecule has 7 nitrogen and oxygen atoms in total. The minimum atomic E-state index is -4.51. The van der Waals surface area contributed by atoms with Gasteiger partial charge in [0.1, 0.15) is 11.4 Å². The summed E-state index contributed by atoms with van der Waals surface area (Å²) in [5.41, 5.74) is 0.768. The number of hydrogen-bond acceptors (Lipinski definition) is 6. The molecule has 2 aromatic heterocycles. The van der Waals surface area contributed by atoms with Crippen LogP contribution < -0.4 is 10.6 Å². The first-order valence-electron chi connectivity index (χ1n) is 9.47. The van der Waals surface area contributed by atoms with E-state index in [2.05, 4.69) is 25.7 Å². The Kier molecular flexibility index (Phi) is 4.30. The fourth-order valence-corrected chi connectivity index (χ4v) is 3.29. The van der Waals surface area contributed by atoms with E-state index in [1.165, 1.54) is 0 Å². The molecule has 0 radical (unpaired) electrons. The molecule has 5 rings (SSSR count). The number of nitrogens with zero attached hydrogens (tertiary/aromatic N) is 4. The van der Waals surface area contributed by atoms with Crippen molar-refractivity contribution in [3.8, 4) is 0 Å². The van der Waals surface area contributed by atoms with Gasteiger partial charge in [0.25, 0.3) is 0 Å². The van der Waals surface area contributed by atoms with Crippen molar-refractivity contribution in [3.05, 3.63) is 36.2 Å². The van der Waals surface area contributed by atoms with E-state index in [0.29, 0.717) is 11.6 Å². The predicted molar refractivity (Wildman–Crippen MR) is 101 cm³/mol. The molecule has 0 spiro atoms. The smallest absolute Gasteiger partial charge is 0.381 e. The highest BCUT2D eigenvalue weighted by molar-refractivity contribution is 5.92. The minimum absolute atomic E-state index is 0.0380. The monoisotopic (exact) mass is 404 g/mol. The van der Waals surface area contributed by atoms with E-state index in [1.807, 2.05) is 22.9 Å². The number of rotatable bonds is 6. The highest BCUT2D eigenvalue weighted by Gasteiger charge is 2.37. The van der Waals surface area contributed by atoms with E-state index in [1.54, 1.807) is 6.20 Å². The normalized spacial score (nSPS) is 17.3. The lowest BCUT2D eigenvalue weighted by Crippen LogP contribution is -2.31. The molecule has 0 atom stereocenters. The highest BCUT2D eigenvalue weighted by Crippen LogP contribution is 2.36. The first-order valence-corrected chi connectivity index (χ1v) is 9.47. The van der Waals surface area contributed by atoms with Crippen LogP contribution >= 0.6 is 0 Å². The number of nitrogens with one attached hydrogen (secondary N) is 2.